The molecule has 0 aliphatic rings. The first-order chi connectivity index (χ1) is 6.79. The van der Waals surface area contributed by atoms with E-state index >= 15 is 0 Å². The first-order valence-corrected chi connectivity index (χ1v) is 5.10. The summed E-state index contributed by atoms with van der Waals surface area (Å²) in [4.78, 5) is 18.2. The monoisotopic (exact) mass is 195 g/mol. The average molecular weight is 195 g/mol. The van der Waals surface area contributed by atoms with Gasteiger partial charge in [0.05, 0.1) is 11.9 Å². The zero-order valence-electron chi connectivity index (χ0n) is 8.76. The van der Waals surface area contributed by atoms with Crippen molar-refractivity contribution in [3.05, 3.63) is 22.2 Å². The van der Waals surface area contributed by atoms with Crippen LogP contribution < -0.4 is 10.9 Å². The van der Waals surface area contributed by atoms with Crippen molar-refractivity contribution in [2.75, 3.05) is 11.9 Å². The summed E-state index contributed by atoms with van der Waals surface area (Å²) >= 11 is 0. The van der Waals surface area contributed by atoms with Crippen LogP contribution in [0, 0.1) is 0 Å². The van der Waals surface area contributed by atoms with Gasteiger partial charge < -0.3 is 10.3 Å². The van der Waals surface area contributed by atoms with Gasteiger partial charge in [0.1, 0.15) is 5.82 Å². The topological polar surface area (TPSA) is 57.8 Å². The highest BCUT2D eigenvalue weighted by molar-refractivity contribution is 5.41. The zero-order chi connectivity index (χ0) is 10.4. The Morgan fingerprint density at radius 2 is 2.21 bits per heavy atom. The molecule has 0 saturated heterocycles. The quantitative estimate of drug-likeness (QED) is 0.749. The third kappa shape index (κ3) is 2.58. The van der Waals surface area contributed by atoms with Crippen molar-refractivity contribution >= 4 is 5.82 Å². The second-order valence-electron chi connectivity index (χ2n) is 3.24. The summed E-state index contributed by atoms with van der Waals surface area (Å²) in [5.41, 5.74) is 0.740. The van der Waals surface area contributed by atoms with Crippen molar-refractivity contribution in [1.82, 2.24) is 9.97 Å². The maximum Gasteiger partial charge on any atom is 0.256 e. The number of H-pyrrole nitrogens is 1. The number of anilines is 1. The SMILES string of the molecule is CCCNc1nc[nH]c(=O)c1CCC. The van der Waals surface area contributed by atoms with Gasteiger partial charge in [0, 0.05) is 6.54 Å². The van der Waals surface area contributed by atoms with Crippen LogP contribution in [0.4, 0.5) is 5.82 Å². The van der Waals surface area contributed by atoms with E-state index in [1.165, 1.54) is 6.33 Å². The maximum atomic E-state index is 11.5. The van der Waals surface area contributed by atoms with E-state index < -0.39 is 0 Å². The maximum absolute atomic E-state index is 11.5. The van der Waals surface area contributed by atoms with Crippen LogP contribution in [0.1, 0.15) is 32.3 Å². The molecule has 0 spiro atoms. The predicted molar refractivity (Wildman–Crippen MR) is 57.6 cm³/mol. The molecule has 0 amide bonds. The molecule has 1 heterocycles. The number of rotatable bonds is 5. The molecule has 4 heteroatoms. The van der Waals surface area contributed by atoms with E-state index in [-0.39, 0.29) is 5.56 Å². The van der Waals surface area contributed by atoms with Gasteiger partial charge in [-0.1, -0.05) is 20.3 Å². The Balaban J connectivity index is 2.89. The Morgan fingerprint density at radius 1 is 1.43 bits per heavy atom. The van der Waals surface area contributed by atoms with Gasteiger partial charge in [-0.15, -0.1) is 0 Å². The zero-order valence-corrected chi connectivity index (χ0v) is 8.76. The molecule has 0 fully saturated rings. The van der Waals surface area contributed by atoms with Crippen molar-refractivity contribution in [3.63, 3.8) is 0 Å². The largest absolute Gasteiger partial charge is 0.370 e. The highest BCUT2D eigenvalue weighted by atomic mass is 16.1. The summed E-state index contributed by atoms with van der Waals surface area (Å²) in [6.45, 7) is 4.99. The Morgan fingerprint density at radius 3 is 2.86 bits per heavy atom. The Bertz CT molecular complexity index is 332. The molecule has 78 valence electrons. The third-order valence-electron chi connectivity index (χ3n) is 1.99. The van der Waals surface area contributed by atoms with Gasteiger partial charge in [0.2, 0.25) is 0 Å². The van der Waals surface area contributed by atoms with E-state index in [4.69, 9.17) is 0 Å². The Hall–Kier alpha value is -1.32. The van der Waals surface area contributed by atoms with E-state index in [0.29, 0.717) is 0 Å². The smallest absolute Gasteiger partial charge is 0.256 e. The van der Waals surface area contributed by atoms with Crippen LogP contribution in [-0.4, -0.2) is 16.5 Å². The van der Waals surface area contributed by atoms with Gasteiger partial charge in [0.25, 0.3) is 5.56 Å². The average Bonchev–Trinajstić information content (AvgIpc) is 2.19. The molecular formula is C10H17N3O. The molecule has 1 aromatic rings. The molecule has 0 aliphatic carbocycles. The normalized spacial score (nSPS) is 10.1. The molecule has 0 bridgehead atoms. The van der Waals surface area contributed by atoms with E-state index in [9.17, 15) is 4.79 Å². The number of aromatic amines is 1. The van der Waals surface area contributed by atoms with Crippen molar-refractivity contribution in [1.29, 1.82) is 0 Å². The predicted octanol–water partition coefficient (Wildman–Crippen LogP) is 1.54. The second kappa shape index (κ2) is 5.42. The Kier molecular flexibility index (Phi) is 4.16. The highest BCUT2D eigenvalue weighted by Gasteiger charge is 2.05. The Labute approximate surface area is 83.8 Å². The number of nitrogens with zero attached hydrogens (tertiary/aromatic N) is 1. The lowest BCUT2D eigenvalue weighted by molar-refractivity contribution is 0.875. The van der Waals surface area contributed by atoms with Gasteiger partial charge in [0.15, 0.2) is 0 Å². The lowest BCUT2D eigenvalue weighted by Gasteiger charge is -2.07. The standard InChI is InChI=1S/C10H17N3O/c1-3-5-8-9(11-6-4-2)12-7-13-10(8)14/h7H,3-6H2,1-2H3,(H2,11,12,13,14). The van der Waals surface area contributed by atoms with E-state index in [2.05, 4.69) is 29.1 Å². The van der Waals surface area contributed by atoms with E-state index in [1.807, 2.05) is 0 Å². The molecule has 14 heavy (non-hydrogen) atoms. The van der Waals surface area contributed by atoms with E-state index in [0.717, 1.165) is 37.2 Å². The molecular weight excluding hydrogens is 178 g/mol. The van der Waals surface area contributed by atoms with Gasteiger partial charge in [-0.25, -0.2) is 4.98 Å². The van der Waals surface area contributed by atoms with E-state index in [1.54, 1.807) is 0 Å². The summed E-state index contributed by atoms with van der Waals surface area (Å²) in [6.07, 6.45) is 4.20. The van der Waals surface area contributed by atoms with Gasteiger partial charge >= 0.3 is 0 Å². The molecule has 0 atom stereocenters. The summed E-state index contributed by atoms with van der Waals surface area (Å²) < 4.78 is 0. The fourth-order valence-electron chi connectivity index (χ4n) is 1.31. The first kappa shape index (κ1) is 10.8. The van der Waals surface area contributed by atoms with Crippen LogP contribution >= 0.6 is 0 Å². The fourth-order valence-corrected chi connectivity index (χ4v) is 1.31. The number of hydrogen-bond donors (Lipinski definition) is 2. The summed E-state index contributed by atoms with van der Waals surface area (Å²) in [7, 11) is 0. The minimum atomic E-state index is -0.0274. The van der Waals surface area contributed by atoms with Crippen molar-refractivity contribution in [2.45, 2.75) is 33.1 Å². The highest BCUT2D eigenvalue weighted by Crippen LogP contribution is 2.07. The molecule has 0 aliphatic heterocycles. The first-order valence-electron chi connectivity index (χ1n) is 5.10. The van der Waals surface area contributed by atoms with Crippen LogP contribution in [0.15, 0.2) is 11.1 Å². The van der Waals surface area contributed by atoms with Crippen molar-refractivity contribution in [2.24, 2.45) is 0 Å². The summed E-state index contributed by atoms with van der Waals surface area (Å²) in [5, 5.41) is 3.16. The van der Waals surface area contributed by atoms with Crippen molar-refractivity contribution < 1.29 is 0 Å². The van der Waals surface area contributed by atoms with Crippen LogP contribution in [0.2, 0.25) is 0 Å². The van der Waals surface area contributed by atoms with Gasteiger partial charge in [-0.3, -0.25) is 4.79 Å². The van der Waals surface area contributed by atoms with Crippen molar-refractivity contribution in [3.8, 4) is 0 Å². The molecule has 0 aromatic carbocycles. The molecule has 0 unspecified atom stereocenters. The molecule has 0 saturated carbocycles. The number of nitrogens with one attached hydrogen (secondary N) is 2. The third-order valence-corrected chi connectivity index (χ3v) is 1.99. The molecule has 1 rings (SSSR count). The summed E-state index contributed by atoms with van der Waals surface area (Å²) in [5.74, 6) is 0.734. The summed E-state index contributed by atoms with van der Waals surface area (Å²) in [6, 6.07) is 0. The number of hydrogen-bond acceptors (Lipinski definition) is 3. The molecule has 2 N–H and O–H groups in total. The lowest BCUT2D eigenvalue weighted by atomic mass is 10.2. The lowest BCUT2D eigenvalue weighted by Crippen LogP contribution is -2.17. The van der Waals surface area contributed by atoms with Crippen LogP contribution in [0.25, 0.3) is 0 Å². The minimum absolute atomic E-state index is 0.0274. The van der Waals surface area contributed by atoms with Crippen LogP contribution in [0.3, 0.4) is 0 Å². The molecule has 1 aromatic heterocycles. The minimum Gasteiger partial charge on any atom is -0.370 e. The van der Waals surface area contributed by atoms with Crippen LogP contribution in [0.5, 0.6) is 0 Å². The molecule has 4 nitrogen and oxygen atoms in total. The van der Waals surface area contributed by atoms with Gasteiger partial charge in [-0.2, -0.15) is 0 Å². The van der Waals surface area contributed by atoms with Crippen LogP contribution in [-0.2, 0) is 6.42 Å². The number of aromatic nitrogens is 2. The fraction of sp³-hybridized carbons (Fsp3) is 0.600. The van der Waals surface area contributed by atoms with Gasteiger partial charge in [-0.05, 0) is 12.8 Å². The second-order valence-corrected chi connectivity index (χ2v) is 3.24. The molecule has 0 radical (unpaired) electrons.